The molecule has 20 heavy (non-hydrogen) atoms. The van der Waals surface area contributed by atoms with Crippen molar-refractivity contribution in [1.29, 1.82) is 0 Å². The quantitative estimate of drug-likeness (QED) is 0.748. The first-order valence-electron chi connectivity index (χ1n) is 5.84. The number of pyridine rings is 1. The van der Waals surface area contributed by atoms with Crippen molar-refractivity contribution < 1.29 is 4.79 Å². The lowest BCUT2D eigenvalue weighted by Gasteiger charge is -2.09. The van der Waals surface area contributed by atoms with E-state index in [-0.39, 0.29) is 11.5 Å². The number of aromatic nitrogens is 2. The van der Waals surface area contributed by atoms with Gasteiger partial charge in [0.2, 0.25) is 0 Å². The van der Waals surface area contributed by atoms with E-state index < -0.39 is 0 Å². The van der Waals surface area contributed by atoms with Crippen molar-refractivity contribution in [2.75, 3.05) is 5.32 Å². The standard InChI is InChI=1S/C14H9Cl2N3O/c15-9-2-1-3-10(16)12(9)14(20)19-11-5-7-18-13-8(11)4-6-17-13/h1-7H,(H2,17,18,19,20). The fourth-order valence-electron chi connectivity index (χ4n) is 1.97. The predicted octanol–water partition coefficient (Wildman–Crippen LogP) is 4.12. The summed E-state index contributed by atoms with van der Waals surface area (Å²) in [6, 6.07) is 8.50. The molecule has 6 heteroatoms. The molecule has 0 aliphatic rings. The van der Waals surface area contributed by atoms with E-state index in [9.17, 15) is 4.79 Å². The molecule has 0 spiro atoms. The molecule has 4 nitrogen and oxygen atoms in total. The highest BCUT2D eigenvalue weighted by molar-refractivity contribution is 6.40. The molecule has 2 aromatic heterocycles. The first-order valence-corrected chi connectivity index (χ1v) is 6.60. The Morgan fingerprint density at radius 3 is 2.65 bits per heavy atom. The van der Waals surface area contributed by atoms with Gasteiger partial charge in [0.25, 0.3) is 5.91 Å². The van der Waals surface area contributed by atoms with E-state index in [0.717, 1.165) is 5.39 Å². The Bertz CT molecular complexity index is 778. The second-order valence-corrected chi connectivity index (χ2v) is 4.96. The largest absolute Gasteiger partial charge is 0.346 e. The van der Waals surface area contributed by atoms with Gasteiger partial charge in [0.05, 0.1) is 21.3 Å². The number of carbonyl (C=O) groups is 1. The van der Waals surface area contributed by atoms with E-state index in [2.05, 4.69) is 15.3 Å². The van der Waals surface area contributed by atoms with Gasteiger partial charge in [0.1, 0.15) is 5.65 Å². The minimum Gasteiger partial charge on any atom is -0.346 e. The molecule has 100 valence electrons. The molecule has 0 radical (unpaired) electrons. The van der Waals surface area contributed by atoms with Crippen molar-refractivity contribution in [3.63, 3.8) is 0 Å². The maximum atomic E-state index is 12.3. The topological polar surface area (TPSA) is 57.8 Å². The summed E-state index contributed by atoms with van der Waals surface area (Å²) < 4.78 is 0. The highest BCUT2D eigenvalue weighted by Gasteiger charge is 2.15. The highest BCUT2D eigenvalue weighted by Crippen LogP contribution is 2.27. The van der Waals surface area contributed by atoms with Gasteiger partial charge in [-0.3, -0.25) is 4.79 Å². The minimum absolute atomic E-state index is 0.260. The number of aromatic amines is 1. The summed E-state index contributed by atoms with van der Waals surface area (Å²) >= 11 is 12.0. The monoisotopic (exact) mass is 305 g/mol. The molecule has 1 amide bonds. The van der Waals surface area contributed by atoms with E-state index >= 15 is 0 Å². The number of anilines is 1. The smallest absolute Gasteiger partial charge is 0.258 e. The van der Waals surface area contributed by atoms with Crippen LogP contribution in [0.3, 0.4) is 0 Å². The van der Waals surface area contributed by atoms with Crippen molar-refractivity contribution in [1.82, 2.24) is 9.97 Å². The number of nitrogens with one attached hydrogen (secondary N) is 2. The fourth-order valence-corrected chi connectivity index (χ4v) is 2.54. The Labute approximate surface area is 124 Å². The number of benzene rings is 1. The Morgan fingerprint density at radius 1 is 1.15 bits per heavy atom. The van der Waals surface area contributed by atoms with Gasteiger partial charge in [-0.2, -0.15) is 0 Å². The van der Waals surface area contributed by atoms with E-state index in [1.165, 1.54) is 0 Å². The molecular weight excluding hydrogens is 297 g/mol. The van der Waals surface area contributed by atoms with E-state index in [1.54, 1.807) is 36.7 Å². The van der Waals surface area contributed by atoms with Crippen LogP contribution in [0.1, 0.15) is 10.4 Å². The van der Waals surface area contributed by atoms with Gasteiger partial charge in [-0.15, -0.1) is 0 Å². The second-order valence-electron chi connectivity index (χ2n) is 4.15. The molecule has 0 saturated heterocycles. The first-order chi connectivity index (χ1) is 9.66. The predicted molar refractivity (Wildman–Crippen MR) is 80.5 cm³/mol. The van der Waals surface area contributed by atoms with Gasteiger partial charge in [-0.25, -0.2) is 4.98 Å². The number of amides is 1. The summed E-state index contributed by atoms with van der Waals surface area (Å²) in [6.07, 6.45) is 3.37. The third-order valence-electron chi connectivity index (χ3n) is 2.90. The zero-order chi connectivity index (χ0) is 14.1. The lowest BCUT2D eigenvalue weighted by atomic mass is 10.2. The van der Waals surface area contributed by atoms with Crippen LogP contribution in [0.15, 0.2) is 42.7 Å². The summed E-state index contributed by atoms with van der Waals surface area (Å²) in [5.41, 5.74) is 1.61. The van der Waals surface area contributed by atoms with Gasteiger partial charge in [0.15, 0.2) is 0 Å². The number of nitrogens with zero attached hydrogens (tertiary/aromatic N) is 1. The number of rotatable bonds is 2. The molecule has 0 unspecified atom stereocenters. The lowest BCUT2D eigenvalue weighted by molar-refractivity contribution is 0.102. The molecule has 0 aliphatic carbocycles. The second kappa shape index (κ2) is 5.15. The van der Waals surface area contributed by atoms with Gasteiger partial charge in [0, 0.05) is 17.8 Å². The maximum absolute atomic E-state index is 12.3. The number of carbonyl (C=O) groups excluding carboxylic acids is 1. The fraction of sp³-hybridized carbons (Fsp3) is 0. The number of H-pyrrole nitrogens is 1. The summed E-state index contributed by atoms with van der Waals surface area (Å²) in [5.74, 6) is -0.352. The summed E-state index contributed by atoms with van der Waals surface area (Å²) in [6.45, 7) is 0. The number of halogens is 2. The van der Waals surface area contributed by atoms with Crippen molar-refractivity contribution >= 4 is 45.8 Å². The molecule has 2 N–H and O–H groups in total. The molecule has 3 aromatic rings. The number of fused-ring (bicyclic) bond motifs is 1. The van der Waals surface area contributed by atoms with E-state index in [4.69, 9.17) is 23.2 Å². The van der Waals surface area contributed by atoms with Gasteiger partial charge < -0.3 is 10.3 Å². The van der Waals surface area contributed by atoms with E-state index in [1.807, 2.05) is 6.07 Å². The Hall–Kier alpha value is -2.04. The minimum atomic E-state index is -0.352. The summed E-state index contributed by atoms with van der Waals surface area (Å²) in [4.78, 5) is 19.4. The van der Waals surface area contributed by atoms with Crippen molar-refractivity contribution in [3.8, 4) is 0 Å². The Kier molecular flexibility index (Phi) is 3.34. The van der Waals surface area contributed by atoms with Crippen LogP contribution in [0.5, 0.6) is 0 Å². The molecule has 0 bridgehead atoms. The van der Waals surface area contributed by atoms with Crippen LogP contribution in [-0.4, -0.2) is 15.9 Å². The molecular formula is C14H9Cl2N3O. The molecule has 2 heterocycles. The van der Waals surface area contributed by atoms with E-state index in [0.29, 0.717) is 21.4 Å². The van der Waals surface area contributed by atoms with Gasteiger partial charge in [-0.05, 0) is 24.3 Å². The molecule has 3 rings (SSSR count). The van der Waals surface area contributed by atoms with Crippen molar-refractivity contribution in [3.05, 3.63) is 58.3 Å². The van der Waals surface area contributed by atoms with Crippen LogP contribution in [0.25, 0.3) is 11.0 Å². The molecule has 0 atom stereocenters. The lowest BCUT2D eigenvalue weighted by Crippen LogP contribution is -2.13. The zero-order valence-electron chi connectivity index (χ0n) is 10.2. The van der Waals surface area contributed by atoms with Crippen molar-refractivity contribution in [2.45, 2.75) is 0 Å². The summed E-state index contributed by atoms with van der Waals surface area (Å²) in [7, 11) is 0. The Balaban J connectivity index is 1.99. The van der Waals surface area contributed by atoms with Gasteiger partial charge in [-0.1, -0.05) is 29.3 Å². The van der Waals surface area contributed by atoms with Crippen LogP contribution >= 0.6 is 23.2 Å². The van der Waals surface area contributed by atoms with Crippen molar-refractivity contribution in [2.24, 2.45) is 0 Å². The molecule has 1 aromatic carbocycles. The normalized spacial score (nSPS) is 10.7. The van der Waals surface area contributed by atoms with Crippen LogP contribution in [-0.2, 0) is 0 Å². The average molecular weight is 306 g/mol. The highest BCUT2D eigenvalue weighted by atomic mass is 35.5. The van der Waals surface area contributed by atoms with Crippen LogP contribution in [0.2, 0.25) is 10.0 Å². The maximum Gasteiger partial charge on any atom is 0.258 e. The van der Waals surface area contributed by atoms with Crippen LogP contribution in [0.4, 0.5) is 5.69 Å². The summed E-state index contributed by atoms with van der Waals surface area (Å²) in [5, 5.41) is 4.25. The third kappa shape index (κ3) is 2.24. The number of hydrogen-bond donors (Lipinski definition) is 2. The average Bonchev–Trinajstić information content (AvgIpc) is 2.88. The Morgan fingerprint density at radius 2 is 1.90 bits per heavy atom. The van der Waals surface area contributed by atoms with Gasteiger partial charge >= 0.3 is 0 Å². The first kappa shape index (κ1) is 13.0. The SMILES string of the molecule is O=C(Nc1ccnc2[nH]ccc12)c1c(Cl)cccc1Cl. The number of hydrogen-bond acceptors (Lipinski definition) is 2. The zero-order valence-corrected chi connectivity index (χ0v) is 11.7. The third-order valence-corrected chi connectivity index (χ3v) is 3.53. The molecule has 0 fully saturated rings. The molecule has 0 aliphatic heterocycles. The van der Waals surface area contributed by atoms with Crippen LogP contribution < -0.4 is 5.32 Å². The van der Waals surface area contributed by atoms with Crippen LogP contribution in [0, 0.1) is 0 Å². The molecule has 0 saturated carbocycles.